The van der Waals surface area contributed by atoms with Gasteiger partial charge in [-0.1, -0.05) is 31.9 Å². The molecule has 0 aromatic rings. The van der Waals surface area contributed by atoms with Gasteiger partial charge in [0.1, 0.15) is 0 Å². The summed E-state index contributed by atoms with van der Waals surface area (Å²) in [6.07, 6.45) is 8.59. The summed E-state index contributed by atoms with van der Waals surface area (Å²) >= 11 is 0. The van der Waals surface area contributed by atoms with Crippen LogP contribution in [0.5, 0.6) is 0 Å². The number of hydrogen-bond donors (Lipinski definition) is 1. The Morgan fingerprint density at radius 2 is 2.00 bits per heavy atom. The second-order valence-electron chi connectivity index (χ2n) is 2.24. The second kappa shape index (κ2) is 8.66. The normalized spacial score (nSPS) is 11.0. The summed E-state index contributed by atoms with van der Waals surface area (Å²) in [5, 5.41) is 7.94. The average Bonchev–Trinajstić information content (AvgIpc) is 1.97. The van der Waals surface area contributed by atoms with E-state index in [1.54, 1.807) is 0 Å². The van der Waals surface area contributed by atoms with Crippen LogP contribution >= 0.6 is 0 Å². The van der Waals surface area contributed by atoms with Crippen LogP contribution in [-0.2, 0) is 4.89 Å². The lowest BCUT2D eigenvalue weighted by molar-refractivity contribution is -0.240. The van der Waals surface area contributed by atoms with Gasteiger partial charge in [-0.15, -0.1) is 0 Å². The summed E-state index contributed by atoms with van der Waals surface area (Å²) in [5.41, 5.74) is 0. The molecule has 0 bridgehead atoms. The van der Waals surface area contributed by atoms with Gasteiger partial charge in [0.2, 0.25) is 0 Å². The van der Waals surface area contributed by atoms with Crippen molar-refractivity contribution in [3.63, 3.8) is 0 Å². The molecule has 0 saturated carbocycles. The highest BCUT2D eigenvalue weighted by atomic mass is 17.1. The molecule has 0 fully saturated rings. The molecule has 0 aromatic heterocycles. The van der Waals surface area contributed by atoms with Gasteiger partial charge < -0.3 is 0 Å². The van der Waals surface area contributed by atoms with E-state index < -0.39 is 0 Å². The Hall–Kier alpha value is -0.340. The van der Waals surface area contributed by atoms with E-state index in [-0.39, 0.29) is 0 Å². The lowest BCUT2D eigenvalue weighted by Crippen LogP contribution is -1.84. The van der Waals surface area contributed by atoms with E-state index in [9.17, 15) is 0 Å². The van der Waals surface area contributed by atoms with Crippen LogP contribution in [-0.4, -0.2) is 11.9 Å². The fourth-order valence-electron chi connectivity index (χ4n) is 0.678. The SMILES string of the molecule is CCCC/C=C/CCOO. The van der Waals surface area contributed by atoms with Gasteiger partial charge in [-0.25, -0.2) is 4.89 Å². The summed E-state index contributed by atoms with van der Waals surface area (Å²) in [6.45, 7) is 2.58. The molecule has 0 amide bonds. The molecule has 0 radical (unpaired) electrons. The number of hydrogen-bond acceptors (Lipinski definition) is 2. The molecule has 0 atom stereocenters. The third kappa shape index (κ3) is 7.66. The van der Waals surface area contributed by atoms with Crippen molar-refractivity contribution >= 4 is 0 Å². The molecule has 0 aromatic carbocycles. The monoisotopic (exact) mass is 144 g/mol. The van der Waals surface area contributed by atoms with E-state index in [0.717, 1.165) is 12.8 Å². The first-order valence-corrected chi connectivity index (χ1v) is 3.83. The predicted octanol–water partition coefficient (Wildman–Crippen LogP) is 2.61. The molecule has 0 rings (SSSR count). The molecule has 0 unspecified atom stereocenters. The molecule has 0 aliphatic rings. The van der Waals surface area contributed by atoms with Crippen molar-refractivity contribution in [3.05, 3.63) is 12.2 Å². The second-order valence-corrected chi connectivity index (χ2v) is 2.24. The standard InChI is InChI=1S/C8H16O2/c1-2-3-4-5-6-7-8-10-9/h5-6,9H,2-4,7-8H2,1H3/b6-5+. The van der Waals surface area contributed by atoms with Crippen molar-refractivity contribution in [1.82, 2.24) is 0 Å². The molecule has 0 spiro atoms. The van der Waals surface area contributed by atoms with Crippen molar-refractivity contribution in [3.8, 4) is 0 Å². The van der Waals surface area contributed by atoms with E-state index in [1.165, 1.54) is 12.8 Å². The van der Waals surface area contributed by atoms with Crippen molar-refractivity contribution in [2.24, 2.45) is 0 Å². The fraction of sp³-hybridized carbons (Fsp3) is 0.750. The quantitative estimate of drug-likeness (QED) is 0.269. The highest BCUT2D eigenvalue weighted by Crippen LogP contribution is 1.95. The lowest BCUT2D eigenvalue weighted by atomic mass is 10.2. The van der Waals surface area contributed by atoms with Gasteiger partial charge in [0.15, 0.2) is 0 Å². The Labute approximate surface area is 62.4 Å². The molecule has 2 nitrogen and oxygen atoms in total. The van der Waals surface area contributed by atoms with Crippen LogP contribution in [0.4, 0.5) is 0 Å². The minimum Gasteiger partial charge on any atom is -0.252 e. The van der Waals surface area contributed by atoms with Gasteiger partial charge >= 0.3 is 0 Å². The zero-order chi connectivity index (χ0) is 7.66. The zero-order valence-corrected chi connectivity index (χ0v) is 6.55. The maximum Gasteiger partial charge on any atom is 0.0854 e. The van der Waals surface area contributed by atoms with Gasteiger partial charge in [-0.2, -0.15) is 0 Å². The molecule has 2 heteroatoms. The summed E-state index contributed by atoms with van der Waals surface area (Å²) in [5.74, 6) is 0. The Morgan fingerprint density at radius 1 is 1.30 bits per heavy atom. The van der Waals surface area contributed by atoms with Crippen molar-refractivity contribution in [2.75, 3.05) is 6.61 Å². The van der Waals surface area contributed by atoms with Gasteiger partial charge in [-0.05, 0) is 12.8 Å². The van der Waals surface area contributed by atoms with Gasteiger partial charge in [0.25, 0.3) is 0 Å². The Balaban J connectivity index is 2.89. The fourth-order valence-corrected chi connectivity index (χ4v) is 0.678. The van der Waals surface area contributed by atoms with Crippen LogP contribution in [0, 0.1) is 0 Å². The summed E-state index contributed by atoms with van der Waals surface area (Å²) in [7, 11) is 0. The van der Waals surface area contributed by atoms with Crippen LogP contribution in [0.25, 0.3) is 0 Å². The van der Waals surface area contributed by atoms with E-state index in [2.05, 4.69) is 17.9 Å². The van der Waals surface area contributed by atoms with Crippen molar-refractivity contribution in [2.45, 2.75) is 32.6 Å². The number of allylic oxidation sites excluding steroid dienone is 1. The van der Waals surface area contributed by atoms with E-state index in [4.69, 9.17) is 5.26 Å². The molecule has 0 heterocycles. The van der Waals surface area contributed by atoms with E-state index >= 15 is 0 Å². The number of rotatable bonds is 6. The maximum atomic E-state index is 7.94. The average molecular weight is 144 g/mol. The smallest absolute Gasteiger partial charge is 0.0854 e. The third-order valence-corrected chi connectivity index (χ3v) is 1.27. The molecule has 0 saturated heterocycles. The molecule has 0 aliphatic heterocycles. The van der Waals surface area contributed by atoms with Gasteiger partial charge in [0, 0.05) is 0 Å². The van der Waals surface area contributed by atoms with Crippen LogP contribution < -0.4 is 0 Å². The Kier molecular flexibility index (Phi) is 8.37. The van der Waals surface area contributed by atoms with E-state index in [0.29, 0.717) is 6.61 Å². The highest BCUT2D eigenvalue weighted by Gasteiger charge is 1.79. The summed E-state index contributed by atoms with van der Waals surface area (Å²) in [4.78, 5) is 3.90. The zero-order valence-electron chi connectivity index (χ0n) is 6.55. The molecule has 0 aliphatic carbocycles. The molecular formula is C8H16O2. The topological polar surface area (TPSA) is 29.5 Å². The molecule has 1 N–H and O–H groups in total. The van der Waals surface area contributed by atoms with Crippen molar-refractivity contribution < 1.29 is 10.1 Å². The van der Waals surface area contributed by atoms with E-state index in [1.807, 2.05) is 6.08 Å². The third-order valence-electron chi connectivity index (χ3n) is 1.27. The van der Waals surface area contributed by atoms with Crippen LogP contribution in [0.3, 0.4) is 0 Å². The minimum absolute atomic E-state index is 0.405. The molecular weight excluding hydrogens is 128 g/mol. The number of unbranched alkanes of at least 4 members (excludes halogenated alkanes) is 2. The van der Waals surface area contributed by atoms with Gasteiger partial charge in [0.05, 0.1) is 6.61 Å². The predicted molar refractivity (Wildman–Crippen MR) is 41.9 cm³/mol. The first-order chi connectivity index (χ1) is 4.91. The van der Waals surface area contributed by atoms with Crippen LogP contribution in [0.15, 0.2) is 12.2 Å². The highest BCUT2D eigenvalue weighted by molar-refractivity contribution is 4.80. The Bertz CT molecular complexity index is 69.3. The van der Waals surface area contributed by atoms with Crippen LogP contribution in [0.2, 0.25) is 0 Å². The Morgan fingerprint density at radius 3 is 2.60 bits per heavy atom. The minimum atomic E-state index is 0.405. The molecule has 10 heavy (non-hydrogen) atoms. The van der Waals surface area contributed by atoms with Crippen molar-refractivity contribution in [1.29, 1.82) is 0 Å². The maximum absolute atomic E-state index is 7.94. The summed E-state index contributed by atoms with van der Waals surface area (Å²) in [6, 6.07) is 0. The summed E-state index contributed by atoms with van der Waals surface area (Å²) < 4.78 is 0. The lowest BCUT2D eigenvalue weighted by Gasteiger charge is -1.89. The van der Waals surface area contributed by atoms with Gasteiger partial charge in [-0.3, -0.25) is 5.26 Å². The largest absolute Gasteiger partial charge is 0.252 e. The molecule has 60 valence electrons. The van der Waals surface area contributed by atoms with Crippen LogP contribution in [0.1, 0.15) is 32.6 Å². The first-order valence-electron chi connectivity index (χ1n) is 3.83. The first kappa shape index (κ1) is 9.66.